The van der Waals surface area contributed by atoms with Gasteiger partial charge in [-0.25, -0.2) is 4.68 Å². The van der Waals surface area contributed by atoms with Gasteiger partial charge < -0.3 is 9.64 Å². The number of piperazine rings is 1. The first kappa shape index (κ1) is 22.3. The number of hydrogen-bond donors (Lipinski definition) is 0. The van der Waals surface area contributed by atoms with Crippen molar-refractivity contribution in [3.05, 3.63) is 65.0 Å². The van der Waals surface area contributed by atoms with Crippen LogP contribution in [0.5, 0.6) is 5.75 Å². The lowest BCUT2D eigenvalue weighted by atomic mass is 10.00. The summed E-state index contributed by atoms with van der Waals surface area (Å²) in [6.45, 7) is 14.5. The molecule has 0 spiro atoms. The Morgan fingerprint density at radius 1 is 0.938 bits per heavy atom. The molecule has 0 saturated carbocycles. The number of anilines is 1. The molecule has 1 fully saturated rings. The van der Waals surface area contributed by atoms with E-state index in [0.717, 1.165) is 43.3 Å². The Labute approximate surface area is 191 Å². The highest BCUT2D eigenvalue weighted by Crippen LogP contribution is 2.36. The fourth-order valence-electron chi connectivity index (χ4n) is 4.53. The minimum absolute atomic E-state index is 0.0823. The van der Waals surface area contributed by atoms with Crippen LogP contribution in [-0.2, 0) is 5.54 Å². The summed E-state index contributed by atoms with van der Waals surface area (Å²) in [5.41, 5.74) is 4.90. The molecule has 2 aromatic carbocycles. The van der Waals surface area contributed by atoms with Gasteiger partial charge in [-0.15, -0.1) is 5.10 Å². The van der Waals surface area contributed by atoms with Crippen molar-refractivity contribution >= 4 is 5.69 Å². The highest BCUT2D eigenvalue weighted by molar-refractivity contribution is 5.56. The lowest BCUT2D eigenvalue weighted by Crippen LogP contribution is -2.49. The molecular formula is C25H34N6O. The molecule has 1 aromatic heterocycles. The standard InChI is InChI=1S/C25H34N6O/c1-18-10-9-12-21(19(18)2)29-14-16-30(17-15-29)23(20-11-7-8-13-22(20)32-6)24-26-27-28-31(24)25(3,4)5/h7-13,23H,14-17H2,1-6H3/t23-/m0/s1. The molecule has 7 nitrogen and oxygen atoms in total. The van der Waals surface area contributed by atoms with E-state index >= 15 is 0 Å². The van der Waals surface area contributed by atoms with Crippen molar-refractivity contribution in [2.24, 2.45) is 0 Å². The third-order valence-corrected chi connectivity index (χ3v) is 6.40. The van der Waals surface area contributed by atoms with Gasteiger partial charge in [0.15, 0.2) is 5.82 Å². The zero-order valence-electron chi connectivity index (χ0n) is 20.0. The number of aromatic nitrogens is 4. The second-order valence-corrected chi connectivity index (χ2v) is 9.51. The Hall–Kier alpha value is -2.93. The quantitative estimate of drug-likeness (QED) is 0.606. The maximum absolute atomic E-state index is 5.75. The van der Waals surface area contributed by atoms with Crippen molar-refractivity contribution < 1.29 is 4.74 Å². The van der Waals surface area contributed by atoms with E-state index in [2.05, 4.69) is 90.3 Å². The van der Waals surface area contributed by atoms with E-state index < -0.39 is 0 Å². The number of hydrogen-bond acceptors (Lipinski definition) is 6. The van der Waals surface area contributed by atoms with E-state index in [4.69, 9.17) is 4.74 Å². The number of nitrogens with zero attached hydrogens (tertiary/aromatic N) is 6. The Balaban J connectivity index is 1.68. The van der Waals surface area contributed by atoms with Crippen LogP contribution in [0.25, 0.3) is 0 Å². The Morgan fingerprint density at radius 3 is 2.34 bits per heavy atom. The van der Waals surface area contributed by atoms with Crippen LogP contribution in [-0.4, -0.2) is 58.4 Å². The summed E-state index contributed by atoms with van der Waals surface area (Å²) >= 11 is 0. The second kappa shape index (κ2) is 8.90. The van der Waals surface area contributed by atoms with Crippen LogP contribution >= 0.6 is 0 Å². The largest absolute Gasteiger partial charge is 0.496 e. The normalized spacial score (nSPS) is 16.2. The summed E-state index contributed by atoms with van der Waals surface area (Å²) in [4.78, 5) is 4.97. The molecule has 3 aromatic rings. The van der Waals surface area contributed by atoms with E-state index in [1.165, 1.54) is 16.8 Å². The Morgan fingerprint density at radius 2 is 1.66 bits per heavy atom. The van der Waals surface area contributed by atoms with E-state index in [9.17, 15) is 0 Å². The fourth-order valence-corrected chi connectivity index (χ4v) is 4.53. The molecule has 0 unspecified atom stereocenters. The van der Waals surface area contributed by atoms with Crippen molar-refractivity contribution in [1.29, 1.82) is 0 Å². The van der Waals surface area contributed by atoms with Crippen LogP contribution < -0.4 is 9.64 Å². The molecule has 170 valence electrons. The number of para-hydroxylation sites is 1. The van der Waals surface area contributed by atoms with Gasteiger partial charge in [-0.05, 0) is 68.3 Å². The maximum Gasteiger partial charge on any atom is 0.173 e. The molecule has 0 aliphatic carbocycles. The Bertz CT molecular complexity index is 1060. The molecule has 32 heavy (non-hydrogen) atoms. The smallest absolute Gasteiger partial charge is 0.173 e. The average Bonchev–Trinajstić information content (AvgIpc) is 3.27. The van der Waals surface area contributed by atoms with Gasteiger partial charge in [0.05, 0.1) is 12.6 Å². The lowest BCUT2D eigenvalue weighted by molar-refractivity contribution is 0.188. The highest BCUT2D eigenvalue weighted by Gasteiger charge is 2.34. The van der Waals surface area contributed by atoms with Crippen LogP contribution in [0.4, 0.5) is 5.69 Å². The first-order valence-electron chi connectivity index (χ1n) is 11.3. The Kier molecular flexibility index (Phi) is 6.20. The molecule has 0 bridgehead atoms. The molecule has 2 heterocycles. The van der Waals surface area contributed by atoms with Crippen LogP contribution in [0.1, 0.15) is 49.3 Å². The highest BCUT2D eigenvalue weighted by atomic mass is 16.5. The predicted octanol–water partition coefficient (Wildman–Crippen LogP) is 3.97. The van der Waals surface area contributed by atoms with Gasteiger partial charge in [-0.3, -0.25) is 4.90 Å². The van der Waals surface area contributed by atoms with Gasteiger partial charge in [0.25, 0.3) is 0 Å². The first-order chi connectivity index (χ1) is 15.3. The molecule has 1 aliphatic heterocycles. The molecule has 7 heteroatoms. The number of tetrazole rings is 1. The topological polar surface area (TPSA) is 59.3 Å². The number of methoxy groups -OCH3 is 1. The van der Waals surface area contributed by atoms with Gasteiger partial charge in [0.2, 0.25) is 0 Å². The molecule has 4 rings (SSSR count). The van der Waals surface area contributed by atoms with Crippen LogP contribution in [0, 0.1) is 13.8 Å². The maximum atomic E-state index is 5.75. The van der Waals surface area contributed by atoms with Crippen molar-refractivity contribution in [2.75, 3.05) is 38.2 Å². The number of ether oxygens (including phenoxy) is 1. The summed E-state index contributed by atoms with van der Waals surface area (Å²) in [5.74, 6) is 1.71. The van der Waals surface area contributed by atoms with Gasteiger partial charge in [0.1, 0.15) is 11.8 Å². The van der Waals surface area contributed by atoms with Crippen LogP contribution in [0.15, 0.2) is 42.5 Å². The fraction of sp³-hybridized carbons (Fsp3) is 0.480. The first-order valence-corrected chi connectivity index (χ1v) is 11.3. The zero-order valence-corrected chi connectivity index (χ0v) is 20.0. The van der Waals surface area contributed by atoms with Crippen molar-refractivity contribution in [2.45, 2.75) is 46.2 Å². The average molecular weight is 435 g/mol. The van der Waals surface area contributed by atoms with Crippen LogP contribution in [0.2, 0.25) is 0 Å². The third kappa shape index (κ3) is 4.21. The summed E-state index contributed by atoms with van der Waals surface area (Å²) < 4.78 is 7.69. The minimum Gasteiger partial charge on any atom is -0.496 e. The molecule has 0 amide bonds. The monoisotopic (exact) mass is 434 g/mol. The van der Waals surface area contributed by atoms with Gasteiger partial charge in [-0.2, -0.15) is 0 Å². The molecule has 0 radical (unpaired) electrons. The summed E-state index contributed by atoms with van der Waals surface area (Å²) in [7, 11) is 1.72. The van der Waals surface area contributed by atoms with Crippen molar-refractivity contribution in [3.63, 3.8) is 0 Å². The van der Waals surface area contributed by atoms with E-state index in [1.807, 2.05) is 16.8 Å². The van der Waals surface area contributed by atoms with E-state index in [0.29, 0.717) is 0 Å². The van der Waals surface area contributed by atoms with E-state index in [-0.39, 0.29) is 11.6 Å². The molecule has 1 saturated heterocycles. The van der Waals surface area contributed by atoms with Crippen LogP contribution in [0.3, 0.4) is 0 Å². The minimum atomic E-state index is -0.223. The number of aryl methyl sites for hydroxylation is 1. The SMILES string of the molecule is COc1ccccc1[C@@H](c1nnnn1C(C)(C)C)N1CCN(c2cccc(C)c2C)CC1. The summed E-state index contributed by atoms with van der Waals surface area (Å²) in [6.07, 6.45) is 0. The van der Waals surface area contributed by atoms with E-state index in [1.54, 1.807) is 7.11 Å². The predicted molar refractivity (Wildman–Crippen MR) is 127 cm³/mol. The van der Waals surface area contributed by atoms with Gasteiger partial charge in [-0.1, -0.05) is 30.3 Å². The van der Waals surface area contributed by atoms with Crippen molar-refractivity contribution in [3.8, 4) is 5.75 Å². The third-order valence-electron chi connectivity index (χ3n) is 6.40. The van der Waals surface area contributed by atoms with Gasteiger partial charge in [0, 0.05) is 37.4 Å². The summed E-state index contributed by atoms with van der Waals surface area (Å²) in [5, 5.41) is 12.9. The molecule has 0 N–H and O–H groups in total. The molecular weight excluding hydrogens is 400 g/mol. The lowest BCUT2D eigenvalue weighted by Gasteiger charge is -2.41. The molecule has 1 aliphatic rings. The van der Waals surface area contributed by atoms with Gasteiger partial charge >= 0.3 is 0 Å². The van der Waals surface area contributed by atoms with Crippen molar-refractivity contribution in [1.82, 2.24) is 25.1 Å². The zero-order chi connectivity index (χ0) is 22.9. The second-order valence-electron chi connectivity index (χ2n) is 9.51. The number of rotatable bonds is 5. The number of benzene rings is 2. The molecule has 1 atom stereocenters. The summed E-state index contributed by atoms with van der Waals surface area (Å²) in [6, 6.07) is 14.7.